The number of carbonyl (C=O) groups is 1. The van der Waals surface area contributed by atoms with E-state index in [1.807, 2.05) is 0 Å². The third-order valence-electron chi connectivity index (χ3n) is 3.33. The van der Waals surface area contributed by atoms with Gasteiger partial charge < -0.3 is 4.74 Å². The number of hydrogen-bond donors (Lipinski definition) is 0. The summed E-state index contributed by atoms with van der Waals surface area (Å²) in [6, 6.07) is 6.44. The van der Waals surface area contributed by atoms with Crippen LogP contribution >= 0.6 is 11.6 Å². The van der Waals surface area contributed by atoms with E-state index in [1.165, 1.54) is 7.11 Å². The number of esters is 1. The second-order valence-electron chi connectivity index (χ2n) is 4.68. The molecule has 19 heavy (non-hydrogen) atoms. The minimum Gasteiger partial charge on any atom is -0.465 e. The average Bonchev–Trinajstić information content (AvgIpc) is 3.16. The maximum atomic E-state index is 14.1. The van der Waals surface area contributed by atoms with Crippen molar-refractivity contribution in [3.63, 3.8) is 0 Å². The van der Waals surface area contributed by atoms with E-state index in [9.17, 15) is 9.18 Å². The highest BCUT2D eigenvalue weighted by Crippen LogP contribution is 2.49. The molecule has 1 aromatic heterocycles. The average molecular weight is 280 g/mol. The Bertz CT molecular complexity index is 682. The first kappa shape index (κ1) is 12.4. The lowest BCUT2D eigenvalue weighted by atomic mass is 10.1. The van der Waals surface area contributed by atoms with Gasteiger partial charge in [-0.1, -0.05) is 17.7 Å². The second-order valence-corrected chi connectivity index (χ2v) is 5.09. The summed E-state index contributed by atoms with van der Waals surface area (Å²) in [5.41, 5.74) is -0.125. The summed E-state index contributed by atoms with van der Waals surface area (Å²) in [6.07, 6.45) is 0.942. The molecule has 3 rings (SSSR count). The Morgan fingerprint density at radius 3 is 2.79 bits per heavy atom. The normalized spacial score (nSPS) is 16.4. The Kier molecular flexibility index (Phi) is 2.71. The Hall–Kier alpha value is -1.68. The number of rotatable bonds is 2. The van der Waals surface area contributed by atoms with Crippen molar-refractivity contribution in [2.75, 3.05) is 7.11 Å². The van der Waals surface area contributed by atoms with Crippen LogP contribution in [0.5, 0.6) is 0 Å². The minimum absolute atomic E-state index is 0.340. The van der Waals surface area contributed by atoms with Crippen molar-refractivity contribution < 1.29 is 13.9 Å². The Balaban J connectivity index is 2.17. The minimum atomic E-state index is -1.35. The Morgan fingerprint density at radius 1 is 1.42 bits per heavy atom. The molecule has 0 saturated heterocycles. The summed E-state index contributed by atoms with van der Waals surface area (Å²) in [6.45, 7) is 0. The molecule has 0 aliphatic heterocycles. The van der Waals surface area contributed by atoms with Crippen LogP contribution in [0.1, 0.15) is 28.9 Å². The van der Waals surface area contributed by atoms with Crippen molar-refractivity contribution in [2.45, 2.75) is 18.5 Å². The fourth-order valence-electron chi connectivity index (χ4n) is 2.03. The summed E-state index contributed by atoms with van der Waals surface area (Å²) in [4.78, 5) is 15.8. The first-order valence-electron chi connectivity index (χ1n) is 5.91. The maximum Gasteiger partial charge on any atom is 0.337 e. The molecule has 0 spiro atoms. The third-order valence-corrected chi connectivity index (χ3v) is 3.64. The van der Waals surface area contributed by atoms with E-state index in [4.69, 9.17) is 11.6 Å². The van der Waals surface area contributed by atoms with Crippen LogP contribution in [-0.4, -0.2) is 18.1 Å². The zero-order valence-electron chi connectivity index (χ0n) is 10.2. The molecule has 0 radical (unpaired) electrons. The molecule has 0 bridgehead atoms. The summed E-state index contributed by atoms with van der Waals surface area (Å²) in [5.74, 6) is -0.452. The van der Waals surface area contributed by atoms with Crippen LogP contribution in [0.2, 0.25) is 5.02 Å². The van der Waals surface area contributed by atoms with Gasteiger partial charge in [0.25, 0.3) is 0 Å². The molecular weight excluding hydrogens is 269 g/mol. The molecule has 0 amide bonds. The van der Waals surface area contributed by atoms with Crippen LogP contribution in [0, 0.1) is 0 Å². The Morgan fingerprint density at radius 2 is 2.16 bits per heavy atom. The summed E-state index contributed by atoms with van der Waals surface area (Å²) in [7, 11) is 1.31. The lowest BCUT2D eigenvalue weighted by molar-refractivity contribution is 0.0601. The van der Waals surface area contributed by atoms with Crippen molar-refractivity contribution in [1.29, 1.82) is 0 Å². The highest BCUT2D eigenvalue weighted by atomic mass is 35.5. The van der Waals surface area contributed by atoms with Gasteiger partial charge in [-0.3, -0.25) is 0 Å². The molecule has 1 aliphatic carbocycles. The lowest BCUT2D eigenvalue weighted by Crippen LogP contribution is -2.04. The van der Waals surface area contributed by atoms with Crippen LogP contribution in [0.25, 0.3) is 10.9 Å². The number of methoxy groups -OCH3 is 1. The number of fused-ring (bicyclic) bond motifs is 1. The molecule has 0 atom stereocenters. The van der Waals surface area contributed by atoms with Crippen molar-refractivity contribution in [2.24, 2.45) is 0 Å². The summed E-state index contributed by atoms with van der Waals surface area (Å²) < 4.78 is 18.7. The first-order chi connectivity index (χ1) is 9.03. The van der Waals surface area contributed by atoms with E-state index in [-0.39, 0.29) is 0 Å². The number of aromatic nitrogens is 1. The molecule has 98 valence electrons. The van der Waals surface area contributed by atoms with Crippen molar-refractivity contribution in [3.8, 4) is 0 Å². The maximum absolute atomic E-state index is 14.1. The molecule has 5 heteroatoms. The van der Waals surface area contributed by atoms with E-state index in [1.54, 1.807) is 24.3 Å². The predicted octanol–water partition coefficient (Wildman–Crippen LogP) is 3.63. The molecule has 1 fully saturated rings. The SMILES string of the molecule is COC(=O)c1ccc2c(Cl)cc(C3(F)CC3)nc2c1. The smallest absolute Gasteiger partial charge is 0.337 e. The van der Waals surface area contributed by atoms with Gasteiger partial charge in [-0.05, 0) is 31.0 Å². The standard InChI is InChI=1S/C14H11ClFNO2/c1-19-13(18)8-2-3-9-10(15)7-12(14(16)4-5-14)17-11(9)6-8/h2-3,6-7H,4-5H2,1H3. The molecule has 1 saturated carbocycles. The van der Waals surface area contributed by atoms with Gasteiger partial charge in [-0.15, -0.1) is 0 Å². The largest absolute Gasteiger partial charge is 0.465 e. The number of halogens is 2. The van der Waals surface area contributed by atoms with Gasteiger partial charge in [-0.2, -0.15) is 0 Å². The van der Waals surface area contributed by atoms with Crippen LogP contribution in [0.4, 0.5) is 4.39 Å². The van der Waals surface area contributed by atoms with E-state index < -0.39 is 11.6 Å². The molecule has 0 unspecified atom stereocenters. The highest BCUT2D eigenvalue weighted by molar-refractivity contribution is 6.35. The fraction of sp³-hybridized carbons (Fsp3) is 0.286. The van der Waals surface area contributed by atoms with E-state index in [2.05, 4.69) is 9.72 Å². The van der Waals surface area contributed by atoms with Gasteiger partial charge in [0, 0.05) is 5.39 Å². The molecular formula is C14H11ClFNO2. The zero-order valence-corrected chi connectivity index (χ0v) is 11.0. The number of ether oxygens (including phenoxy) is 1. The fourth-order valence-corrected chi connectivity index (χ4v) is 2.29. The molecule has 3 nitrogen and oxygen atoms in total. The van der Waals surface area contributed by atoms with Crippen molar-refractivity contribution in [3.05, 3.63) is 40.5 Å². The number of pyridine rings is 1. The molecule has 1 heterocycles. The van der Waals surface area contributed by atoms with Gasteiger partial charge >= 0.3 is 5.97 Å². The topological polar surface area (TPSA) is 39.2 Å². The highest BCUT2D eigenvalue weighted by Gasteiger charge is 2.46. The Labute approximate surface area is 114 Å². The monoisotopic (exact) mass is 279 g/mol. The molecule has 2 aromatic rings. The number of nitrogens with zero attached hydrogens (tertiary/aromatic N) is 1. The number of alkyl halides is 1. The molecule has 1 aromatic carbocycles. The number of carbonyl (C=O) groups excluding carboxylic acids is 1. The van der Waals surface area contributed by atoms with Crippen LogP contribution in [0.3, 0.4) is 0 Å². The lowest BCUT2D eigenvalue weighted by Gasteiger charge is -2.09. The zero-order chi connectivity index (χ0) is 13.6. The van der Waals surface area contributed by atoms with Crippen molar-refractivity contribution >= 4 is 28.5 Å². The van der Waals surface area contributed by atoms with Crippen LogP contribution < -0.4 is 0 Å². The second kappa shape index (κ2) is 4.17. The quantitative estimate of drug-likeness (QED) is 0.788. The van der Waals surface area contributed by atoms with Gasteiger partial charge in [0.1, 0.15) is 0 Å². The first-order valence-corrected chi connectivity index (χ1v) is 6.29. The van der Waals surface area contributed by atoms with Crippen LogP contribution in [0.15, 0.2) is 24.3 Å². The molecule has 0 N–H and O–H groups in total. The summed E-state index contributed by atoms with van der Waals surface area (Å²) >= 11 is 6.14. The van der Waals surface area contributed by atoms with E-state index in [0.29, 0.717) is 40.0 Å². The van der Waals surface area contributed by atoms with Gasteiger partial charge in [0.05, 0.1) is 28.9 Å². The third kappa shape index (κ3) is 2.06. The number of hydrogen-bond acceptors (Lipinski definition) is 3. The molecule has 1 aliphatic rings. The van der Waals surface area contributed by atoms with Gasteiger partial charge in [-0.25, -0.2) is 14.2 Å². The van der Waals surface area contributed by atoms with Gasteiger partial charge in [0.15, 0.2) is 5.67 Å². The summed E-state index contributed by atoms with van der Waals surface area (Å²) in [5, 5.41) is 1.14. The van der Waals surface area contributed by atoms with Crippen LogP contribution in [-0.2, 0) is 10.4 Å². The van der Waals surface area contributed by atoms with Gasteiger partial charge in [0.2, 0.25) is 0 Å². The number of benzene rings is 1. The van der Waals surface area contributed by atoms with E-state index >= 15 is 0 Å². The predicted molar refractivity (Wildman–Crippen MR) is 70.1 cm³/mol. The van der Waals surface area contributed by atoms with E-state index in [0.717, 1.165) is 0 Å². The van der Waals surface area contributed by atoms with Crippen molar-refractivity contribution in [1.82, 2.24) is 4.98 Å².